The molecule has 0 bridgehead atoms. The van der Waals surface area contributed by atoms with Crippen molar-refractivity contribution in [1.82, 2.24) is 15.1 Å². The van der Waals surface area contributed by atoms with Crippen molar-refractivity contribution >= 4 is 17.5 Å². The number of hydrogen-bond acceptors (Lipinski definition) is 4. The molecule has 3 rings (SSSR count). The number of benzene rings is 1. The van der Waals surface area contributed by atoms with E-state index in [0.717, 1.165) is 18.7 Å². The number of anilines is 1. The quantitative estimate of drug-likeness (QED) is 0.829. The van der Waals surface area contributed by atoms with Crippen LogP contribution in [0.5, 0.6) is 5.75 Å². The molecule has 1 N–H and O–H groups in total. The van der Waals surface area contributed by atoms with E-state index in [1.165, 1.54) is 0 Å². The van der Waals surface area contributed by atoms with Crippen LogP contribution in [0.1, 0.15) is 19.8 Å². The first-order valence-corrected chi connectivity index (χ1v) is 8.42. The molecule has 2 heterocycles. The van der Waals surface area contributed by atoms with E-state index in [1.54, 1.807) is 27.9 Å². The predicted molar refractivity (Wildman–Crippen MR) is 93.4 cm³/mol. The van der Waals surface area contributed by atoms with Gasteiger partial charge in [-0.15, -0.1) is 0 Å². The summed E-state index contributed by atoms with van der Waals surface area (Å²) >= 11 is 0. The molecule has 7 heteroatoms. The van der Waals surface area contributed by atoms with Crippen molar-refractivity contribution in [2.24, 2.45) is 0 Å². The lowest BCUT2D eigenvalue weighted by atomic mass is 10.3. The second kappa shape index (κ2) is 7.83. The van der Waals surface area contributed by atoms with Crippen molar-refractivity contribution in [3.05, 3.63) is 42.7 Å². The number of carbonyl (C=O) groups is 2. The molecule has 0 aliphatic carbocycles. The molecule has 7 nitrogen and oxygen atoms in total. The summed E-state index contributed by atoms with van der Waals surface area (Å²) in [4.78, 5) is 25.5. The van der Waals surface area contributed by atoms with E-state index in [9.17, 15) is 9.59 Å². The molecule has 1 fully saturated rings. The predicted octanol–water partition coefficient (Wildman–Crippen LogP) is 1.59. The standard InChI is InChI=1S/C18H22N4O3/c1-14(12-21-10-3-9-19-21)20-17(23)13-25-16-7-5-15(6-8-16)22-11-2-4-18(22)24/h3,5-10,14H,2,4,11-13H2,1H3,(H,20,23)/t14-/m1/s1. The maximum atomic E-state index is 12.0. The van der Waals surface area contributed by atoms with Crippen LogP contribution in [0, 0.1) is 0 Å². The summed E-state index contributed by atoms with van der Waals surface area (Å²) in [5, 5.41) is 6.98. The van der Waals surface area contributed by atoms with E-state index in [0.29, 0.717) is 18.7 Å². The number of amides is 2. The topological polar surface area (TPSA) is 76.5 Å². The molecule has 1 atom stereocenters. The van der Waals surface area contributed by atoms with Gasteiger partial charge in [-0.25, -0.2) is 0 Å². The molecule has 1 aromatic heterocycles. The number of rotatable bonds is 7. The van der Waals surface area contributed by atoms with E-state index in [1.807, 2.05) is 31.3 Å². The fourth-order valence-electron chi connectivity index (χ4n) is 2.84. The van der Waals surface area contributed by atoms with Gasteiger partial charge in [0.25, 0.3) is 5.91 Å². The molecule has 1 aliphatic rings. The van der Waals surface area contributed by atoms with E-state index < -0.39 is 0 Å². The summed E-state index contributed by atoms with van der Waals surface area (Å²) in [5.74, 6) is 0.572. The van der Waals surface area contributed by atoms with E-state index >= 15 is 0 Å². The van der Waals surface area contributed by atoms with Crippen molar-refractivity contribution in [1.29, 1.82) is 0 Å². The molecule has 25 heavy (non-hydrogen) atoms. The Morgan fingerprint density at radius 2 is 2.16 bits per heavy atom. The lowest BCUT2D eigenvalue weighted by Crippen LogP contribution is -2.38. The van der Waals surface area contributed by atoms with E-state index in [4.69, 9.17) is 4.74 Å². The Kier molecular flexibility index (Phi) is 5.33. The van der Waals surface area contributed by atoms with E-state index in [2.05, 4.69) is 10.4 Å². The van der Waals surface area contributed by atoms with Crippen LogP contribution in [0.4, 0.5) is 5.69 Å². The van der Waals surface area contributed by atoms with Gasteiger partial charge in [-0.1, -0.05) is 0 Å². The van der Waals surface area contributed by atoms with Crippen LogP contribution in [0.2, 0.25) is 0 Å². The zero-order chi connectivity index (χ0) is 17.6. The fourth-order valence-corrected chi connectivity index (χ4v) is 2.84. The maximum Gasteiger partial charge on any atom is 0.258 e. The summed E-state index contributed by atoms with van der Waals surface area (Å²) in [6.45, 7) is 3.24. The normalized spacial score (nSPS) is 15.2. The number of aromatic nitrogens is 2. The van der Waals surface area contributed by atoms with Gasteiger partial charge in [-0.2, -0.15) is 5.10 Å². The summed E-state index contributed by atoms with van der Waals surface area (Å²) < 4.78 is 7.28. The lowest BCUT2D eigenvalue weighted by molar-refractivity contribution is -0.123. The Labute approximate surface area is 146 Å². The van der Waals surface area contributed by atoms with Crippen LogP contribution in [-0.2, 0) is 16.1 Å². The third kappa shape index (κ3) is 4.59. The van der Waals surface area contributed by atoms with Crippen molar-refractivity contribution < 1.29 is 14.3 Å². The monoisotopic (exact) mass is 342 g/mol. The van der Waals surface area contributed by atoms with Gasteiger partial charge in [-0.05, 0) is 43.7 Å². The maximum absolute atomic E-state index is 12.0. The average molecular weight is 342 g/mol. The van der Waals surface area contributed by atoms with Crippen molar-refractivity contribution in [2.45, 2.75) is 32.4 Å². The molecule has 0 radical (unpaired) electrons. The van der Waals surface area contributed by atoms with Gasteiger partial charge in [-0.3, -0.25) is 14.3 Å². The number of nitrogens with zero attached hydrogens (tertiary/aromatic N) is 3. The second-order valence-corrected chi connectivity index (χ2v) is 6.13. The Morgan fingerprint density at radius 3 is 2.80 bits per heavy atom. The average Bonchev–Trinajstić information content (AvgIpc) is 3.25. The first-order valence-electron chi connectivity index (χ1n) is 8.42. The molecule has 0 saturated carbocycles. The number of nitrogens with one attached hydrogen (secondary N) is 1. The molecule has 0 spiro atoms. The Morgan fingerprint density at radius 1 is 1.36 bits per heavy atom. The molecule has 2 aromatic rings. The highest BCUT2D eigenvalue weighted by Gasteiger charge is 2.21. The van der Waals surface area contributed by atoms with Gasteiger partial charge in [0.05, 0.1) is 6.54 Å². The molecular formula is C18H22N4O3. The first-order chi connectivity index (χ1) is 12.1. The number of carbonyl (C=O) groups excluding carboxylic acids is 2. The van der Waals surface area contributed by atoms with Crippen LogP contribution in [0.3, 0.4) is 0 Å². The SMILES string of the molecule is C[C@H](Cn1cccn1)NC(=O)COc1ccc(N2CCCC2=O)cc1. The minimum absolute atomic E-state index is 0.0421. The molecule has 0 unspecified atom stereocenters. The van der Waals surface area contributed by atoms with Crippen molar-refractivity contribution in [2.75, 3.05) is 18.1 Å². The van der Waals surface area contributed by atoms with Crippen molar-refractivity contribution in [3.8, 4) is 5.75 Å². The Balaban J connectivity index is 1.44. The molecule has 132 valence electrons. The zero-order valence-corrected chi connectivity index (χ0v) is 14.2. The second-order valence-electron chi connectivity index (χ2n) is 6.13. The summed E-state index contributed by atoms with van der Waals surface area (Å²) in [5.41, 5.74) is 0.868. The van der Waals surface area contributed by atoms with Gasteiger partial charge in [0.2, 0.25) is 5.91 Å². The summed E-state index contributed by atoms with van der Waals surface area (Å²) in [6, 6.07) is 9.05. The number of ether oxygens (including phenoxy) is 1. The van der Waals surface area contributed by atoms with Crippen molar-refractivity contribution in [3.63, 3.8) is 0 Å². The van der Waals surface area contributed by atoms with Gasteiger partial charge in [0.15, 0.2) is 6.61 Å². The fraction of sp³-hybridized carbons (Fsp3) is 0.389. The third-order valence-corrected chi connectivity index (χ3v) is 4.02. The molecule has 1 aromatic carbocycles. The van der Waals surface area contributed by atoms with Gasteiger partial charge < -0.3 is 15.0 Å². The minimum atomic E-state index is -0.182. The van der Waals surface area contributed by atoms with Gasteiger partial charge >= 0.3 is 0 Å². The molecule has 2 amide bonds. The highest BCUT2D eigenvalue weighted by molar-refractivity contribution is 5.95. The van der Waals surface area contributed by atoms with Crippen LogP contribution < -0.4 is 15.0 Å². The van der Waals surface area contributed by atoms with Gasteiger partial charge in [0, 0.05) is 37.1 Å². The summed E-state index contributed by atoms with van der Waals surface area (Å²) in [7, 11) is 0. The lowest BCUT2D eigenvalue weighted by Gasteiger charge is -2.16. The van der Waals surface area contributed by atoms with Crippen LogP contribution in [0.25, 0.3) is 0 Å². The molecular weight excluding hydrogens is 320 g/mol. The third-order valence-electron chi connectivity index (χ3n) is 4.02. The molecule has 1 saturated heterocycles. The smallest absolute Gasteiger partial charge is 0.258 e. The van der Waals surface area contributed by atoms with Crippen LogP contribution in [-0.4, -0.2) is 40.8 Å². The van der Waals surface area contributed by atoms with Gasteiger partial charge in [0.1, 0.15) is 5.75 Å². The largest absolute Gasteiger partial charge is 0.484 e. The Bertz CT molecular complexity index is 712. The zero-order valence-electron chi connectivity index (χ0n) is 14.2. The number of hydrogen-bond donors (Lipinski definition) is 1. The highest BCUT2D eigenvalue weighted by atomic mass is 16.5. The highest BCUT2D eigenvalue weighted by Crippen LogP contribution is 2.23. The van der Waals surface area contributed by atoms with E-state index in [-0.39, 0.29) is 24.5 Å². The Hall–Kier alpha value is -2.83. The minimum Gasteiger partial charge on any atom is -0.484 e. The molecule has 1 aliphatic heterocycles. The van der Waals surface area contributed by atoms with Crippen LogP contribution in [0.15, 0.2) is 42.7 Å². The summed E-state index contributed by atoms with van der Waals surface area (Å²) in [6.07, 6.45) is 5.06. The van der Waals surface area contributed by atoms with Crippen LogP contribution >= 0.6 is 0 Å². The first kappa shape index (κ1) is 17.0.